The minimum absolute atomic E-state index is 0.119. The first-order valence-electron chi connectivity index (χ1n) is 7.40. The molecule has 0 atom stereocenters. The average molecular weight is 324 g/mol. The largest absolute Gasteiger partial charge is 0.335 e. The average Bonchev–Trinajstić information content (AvgIpc) is 2.46. The second-order valence-electron chi connectivity index (χ2n) is 4.86. The molecule has 2 aromatic heterocycles. The van der Waals surface area contributed by atoms with Crippen LogP contribution in [-0.4, -0.2) is 23.2 Å². The molecule has 6 nitrogen and oxygen atoms in total. The quantitative estimate of drug-likeness (QED) is 0.791. The van der Waals surface area contributed by atoms with Crippen LogP contribution in [0.4, 0.5) is 0 Å². The van der Waals surface area contributed by atoms with Gasteiger partial charge < -0.3 is 14.0 Å². The highest BCUT2D eigenvalue weighted by atomic mass is 31.2. The summed E-state index contributed by atoms with van der Waals surface area (Å²) in [7, 11) is -3.18. The maximum absolute atomic E-state index is 12.5. The van der Waals surface area contributed by atoms with E-state index in [0.29, 0.717) is 41.8 Å². The molecule has 2 heterocycles. The lowest BCUT2D eigenvalue weighted by molar-refractivity contribution is 0.219. The van der Waals surface area contributed by atoms with E-state index in [1.165, 1.54) is 0 Å². The number of nitrogens with zero attached hydrogens (tertiary/aromatic N) is 1. The second-order valence-corrected chi connectivity index (χ2v) is 6.91. The summed E-state index contributed by atoms with van der Waals surface area (Å²) in [6.07, 6.45) is 2.43. The number of pyridine rings is 2. The summed E-state index contributed by atoms with van der Waals surface area (Å²) in [4.78, 5) is 19.0. The van der Waals surface area contributed by atoms with Crippen molar-refractivity contribution >= 4 is 18.6 Å². The molecule has 0 spiro atoms. The lowest BCUT2D eigenvalue weighted by Gasteiger charge is -2.16. The predicted octanol–water partition coefficient (Wildman–Crippen LogP) is 3.25. The van der Waals surface area contributed by atoms with Crippen LogP contribution in [-0.2, 0) is 26.2 Å². The van der Waals surface area contributed by atoms with Gasteiger partial charge in [0.05, 0.1) is 30.4 Å². The van der Waals surface area contributed by atoms with Gasteiger partial charge in [0.1, 0.15) is 0 Å². The third kappa shape index (κ3) is 3.83. The van der Waals surface area contributed by atoms with Crippen molar-refractivity contribution in [1.29, 1.82) is 0 Å². The van der Waals surface area contributed by atoms with Crippen LogP contribution >= 0.6 is 7.60 Å². The number of H-pyrrole nitrogens is 1. The summed E-state index contributed by atoms with van der Waals surface area (Å²) in [5, 5.41) is 0. The Morgan fingerprint density at radius 3 is 2.45 bits per heavy atom. The summed E-state index contributed by atoms with van der Waals surface area (Å²) in [5.74, 6) is 0. The Bertz CT molecular complexity index is 747. The number of fused-ring (bicyclic) bond motifs is 1. The van der Waals surface area contributed by atoms with Crippen LogP contribution in [0.1, 0.15) is 31.9 Å². The molecule has 0 aliphatic carbocycles. The Morgan fingerprint density at radius 1 is 1.18 bits per heavy atom. The van der Waals surface area contributed by atoms with Crippen LogP contribution in [0.25, 0.3) is 11.0 Å². The molecule has 0 saturated heterocycles. The topological polar surface area (TPSA) is 81.3 Å². The molecule has 22 heavy (non-hydrogen) atoms. The molecule has 0 aromatic carbocycles. The first kappa shape index (κ1) is 16.9. The van der Waals surface area contributed by atoms with Crippen molar-refractivity contribution in [2.75, 3.05) is 13.2 Å². The third-order valence-electron chi connectivity index (χ3n) is 3.23. The van der Waals surface area contributed by atoms with Gasteiger partial charge in [0.15, 0.2) is 0 Å². The Morgan fingerprint density at radius 2 is 1.86 bits per heavy atom. The van der Waals surface area contributed by atoms with Crippen molar-refractivity contribution in [3.63, 3.8) is 0 Å². The van der Waals surface area contributed by atoms with Crippen molar-refractivity contribution in [2.45, 2.75) is 33.4 Å². The maximum Gasteiger partial charge on any atom is 0.335 e. The molecule has 0 aliphatic heterocycles. The summed E-state index contributed by atoms with van der Waals surface area (Å²) in [6, 6.07) is 3.55. The normalized spacial score (nSPS) is 12.0. The molecule has 7 heteroatoms. The van der Waals surface area contributed by atoms with Gasteiger partial charge in [0.25, 0.3) is 5.56 Å². The summed E-state index contributed by atoms with van der Waals surface area (Å²) in [6.45, 7) is 6.09. The van der Waals surface area contributed by atoms with Gasteiger partial charge in [-0.15, -0.1) is 0 Å². The highest BCUT2D eigenvalue weighted by Gasteiger charge is 2.24. The molecule has 0 unspecified atom stereocenters. The molecule has 0 fully saturated rings. The second kappa shape index (κ2) is 7.18. The van der Waals surface area contributed by atoms with Crippen LogP contribution in [0.2, 0.25) is 0 Å². The van der Waals surface area contributed by atoms with E-state index in [0.717, 1.165) is 0 Å². The van der Waals surface area contributed by atoms with Crippen molar-refractivity contribution in [1.82, 2.24) is 9.97 Å². The molecule has 0 saturated carbocycles. The molecule has 0 bridgehead atoms. The van der Waals surface area contributed by atoms with Gasteiger partial charge in [-0.1, -0.05) is 6.92 Å². The van der Waals surface area contributed by atoms with Gasteiger partial charge >= 0.3 is 7.60 Å². The first-order chi connectivity index (χ1) is 10.5. The van der Waals surface area contributed by atoms with E-state index in [4.69, 9.17) is 9.05 Å². The predicted molar refractivity (Wildman–Crippen MR) is 86.3 cm³/mol. The molecule has 0 amide bonds. The van der Waals surface area contributed by atoms with Crippen LogP contribution < -0.4 is 5.56 Å². The minimum Gasteiger partial charge on any atom is -0.320 e. The molecule has 0 aliphatic rings. The number of aromatic amines is 1. The fourth-order valence-corrected chi connectivity index (χ4v) is 3.93. The number of aromatic nitrogens is 2. The van der Waals surface area contributed by atoms with Crippen LogP contribution in [0.15, 0.2) is 23.1 Å². The minimum atomic E-state index is -3.18. The molecular weight excluding hydrogens is 303 g/mol. The van der Waals surface area contributed by atoms with E-state index in [1.807, 2.05) is 6.92 Å². The van der Waals surface area contributed by atoms with Crippen LogP contribution in [0, 0.1) is 0 Å². The van der Waals surface area contributed by atoms with Crippen molar-refractivity contribution < 1.29 is 13.6 Å². The molecule has 2 rings (SSSR count). The Labute approximate surface area is 129 Å². The smallest absolute Gasteiger partial charge is 0.320 e. The van der Waals surface area contributed by atoms with Crippen molar-refractivity contribution in [2.24, 2.45) is 0 Å². The summed E-state index contributed by atoms with van der Waals surface area (Å²) in [5.41, 5.74) is 2.62. The van der Waals surface area contributed by atoms with Crippen LogP contribution in [0.5, 0.6) is 0 Å². The van der Waals surface area contributed by atoms with Gasteiger partial charge in [-0.05, 0) is 38.0 Å². The molecule has 1 N–H and O–H groups in total. The molecule has 2 aromatic rings. The molecular formula is C15H21N2O4P. The van der Waals surface area contributed by atoms with E-state index >= 15 is 0 Å². The number of aryl methyl sites for hydroxylation is 1. The Kier molecular flexibility index (Phi) is 5.51. The molecule has 120 valence electrons. The van der Waals surface area contributed by atoms with Gasteiger partial charge in [0, 0.05) is 11.8 Å². The van der Waals surface area contributed by atoms with E-state index in [9.17, 15) is 9.36 Å². The SMILES string of the molecule is CCOP(=O)(Cc1cnc2cc(CC)c(=O)[nH]c2c1)OCC. The first-order valence-corrected chi connectivity index (χ1v) is 9.13. The van der Waals surface area contributed by atoms with Gasteiger partial charge in [-0.25, -0.2) is 0 Å². The zero-order valence-corrected chi connectivity index (χ0v) is 14.0. The van der Waals surface area contributed by atoms with E-state index in [2.05, 4.69) is 9.97 Å². The summed E-state index contributed by atoms with van der Waals surface area (Å²) >= 11 is 0. The van der Waals surface area contributed by atoms with Crippen molar-refractivity contribution in [3.8, 4) is 0 Å². The Hall–Kier alpha value is -1.49. The standard InChI is InChI=1S/C15H21N2O4P/c1-4-12-8-13-14(17-15(12)18)7-11(9-16-13)10-22(19,20-5-2)21-6-3/h7-9H,4-6,10H2,1-3H3,(H,17,18). The third-order valence-corrected chi connectivity index (χ3v) is 5.29. The van der Waals surface area contributed by atoms with Gasteiger partial charge in [-0.3, -0.25) is 14.3 Å². The van der Waals surface area contributed by atoms with Gasteiger partial charge in [-0.2, -0.15) is 0 Å². The lowest BCUT2D eigenvalue weighted by Crippen LogP contribution is -2.11. The summed E-state index contributed by atoms with van der Waals surface area (Å²) < 4.78 is 23.1. The lowest BCUT2D eigenvalue weighted by atomic mass is 10.2. The van der Waals surface area contributed by atoms with Crippen molar-refractivity contribution in [3.05, 3.63) is 39.8 Å². The highest BCUT2D eigenvalue weighted by molar-refractivity contribution is 7.53. The number of nitrogens with one attached hydrogen (secondary N) is 1. The maximum atomic E-state index is 12.5. The number of hydrogen-bond donors (Lipinski definition) is 1. The van der Waals surface area contributed by atoms with E-state index in [1.54, 1.807) is 32.2 Å². The van der Waals surface area contributed by atoms with Crippen LogP contribution in [0.3, 0.4) is 0 Å². The fourth-order valence-electron chi connectivity index (χ4n) is 2.26. The monoisotopic (exact) mass is 324 g/mol. The zero-order chi connectivity index (χ0) is 16.2. The van der Waals surface area contributed by atoms with E-state index < -0.39 is 7.60 Å². The number of rotatable bonds is 7. The Balaban J connectivity index is 2.36. The molecule has 0 radical (unpaired) electrons. The van der Waals surface area contributed by atoms with Gasteiger partial charge in [0.2, 0.25) is 0 Å². The fraction of sp³-hybridized carbons (Fsp3) is 0.467. The highest BCUT2D eigenvalue weighted by Crippen LogP contribution is 2.51. The van der Waals surface area contributed by atoms with E-state index in [-0.39, 0.29) is 11.7 Å². The number of hydrogen-bond acceptors (Lipinski definition) is 5. The zero-order valence-electron chi connectivity index (χ0n) is 13.1.